The second-order valence-electron chi connectivity index (χ2n) is 2.36. The number of hydrogen-bond acceptors (Lipinski definition) is 1. The van der Waals surface area contributed by atoms with Crippen molar-refractivity contribution in [2.75, 3.05) is 0 Å². The third-order valence-corrected chi connectivity index (χ3v) is 4.21. The minimum absolute atomic E-state index is 0.637. The van der Waals surface area contributed by atoms with Gasteiger partial charge in [0.2, 0.25) is 8.32 Å². The molecule has 1 heterocycles. The van der Waals surface area contributed by atoms with Gasteiger partial charge < -0.3 is 4.43 Å². The summed E-state index contributed by atoms with van der Waals surface area (Å²) in [6.07, 6.45) is 0. The van der Waals surface area contributed by atoms with E-state index in [0.29, 0.717) is 5.73 Å². The fraction of sp³-hybridized carbons (Fsp3) is 1.00. The standard InChI is InChI=1S/C4H10OSi/c1-4-5-6(4,2)3/h4H,1-3H3. The quantitative estimate of drug-likeness (QED) is 0.330. The summed E-state index contributed by atoms with van der Waals surface area (Å²) in [7, 11) is -0.965. The smallest absolute Gasteiger partial charge is 0.213 e. The lowest BCUT2D eigenvalue weighted by molar-refractivity contribution is 0.471. The van der Waals surface area contributed by atoms with Gasteiger partial charge in [-0.1, -0.05) is 0 Å². The van der Waals surface area contributed by atoms with Gasteiger partial charge in [0.15, 0.2) is 0 Å². The predicted molar refractivity (Wildman–Crippen MR) is 28.0 cm³/mol. The maximum absolute atomic E-state index is 5.24. The average molecular weight is 102 g/mol. The molecule has 0 radical (unpaired) electrons. The molecule has 1 rings (SSSR count). The van der Waals surface area contributed by atoms with Gasteiger partial charge in [0.1, 0.15) is 0 Å². The largest absolute Gasteiger partial charge is 0.412 e. The Kier molecular flexibility index (Phi) is 0.631. The molecule has 0 aromatic heterocycles. The first-order valence-electron chi connectivity index (χ1n) is 2.31. The average Bonchev–Trinajstić information content (AvgIpc) is 1.73. The summed E-state index contributed by atoms with van der Waals surface area (Å²) in [6, 6.07) is 0. The molecule has 0 spiro atoms. The van der Waals surface area contributed by atoms with Crippen LogP contribution in [0.1, 0.15) is 6.92 Å². The fourth-order valence-corrected chi connectivity index (χ4v) is 1.97. The van der Waals surface area contributed by atoms with Gasteiger partial charge in [-0.25, -0.2) is 0 Å². The van der Waals surface area contributed by atoms with Crippen LogP contribution in [0.15, 0.2) is 0 Å². The van der Waals surface area contributed by atoms with Crippen LogP contribution in [-0.2, 0) is 4.43 Å². The molecule has 1 nitrogen and oxygen atoms in total. The van der Waals surface area contributed by atoms with Crippen LogP contribution in [0.25, 0.3) is 0 Å². The third kappa shape index (κ3) is 0.501. The zero-order chi connectivity index (χ0) is 4.78. The van der Waals surface area contributed by atoms with Gasteiger partial charge in [-0.3, -0.25) is 0 Å². The molecule has 0 saturated carbocycles. The van der Waals surface area contributed by atoms with Crippen LogP contribution in [-0.4, -0.2) is 14.0 Å². The van der Waals surface area contributed by atoms with Crippen LogP contribution >= 0.6 is 0 Å². The lowest BCUT2D eigenvalue weighted by atomic mass is 10.9. The lowest BCUT2D eigenvalue weighted by Crippen LogP contribution is -2.05. The van der Waals surface area contributed by atoms with Crippen LogP contribution in [0.5, 0.6) is 0 Å². The second kappa shape index (κ2) is 0.872. The van der Waals surface area contributed by atoms with Crippen molar-refractivity contribution in [3.8, 4) is 0 Å². The Morgan fingerprint density at radius 2 is 1.67 bits per heavy atom. The van der Waals surface area contributed by atoms with E-state index < -0.39 is 8.32 Å². The monoisotopic (exact) mass is 102 g/mol. The Bertz CT molecular complexity index is 69.9. The molecule has 1 aliphatic rings. The molecule has 6 heavy (non-hydrogen) atoms. The summed E-state index contributed by atoms with van der Waals surface area (Å²) in [4.78, 5) is 0. The zero-order valence-electron chi connectivity index (χ0n) is 4.49. The SMILES string of the molecule is CC1O[Si]1(C)C. The molecule has 1 saturated heterocycles. The Balaban J connectivity index is 2.41. The first kappa shape index (κ1) is 4.34. The van der Waals surface area contributed by atoms with Gasteiger partial charge in [0.05, 0.1) is 5.73 Å². The summed E-state index contributed by atoms with van der Waals surface area (Å²) < 4.78 is 5.24. The van der Waals surface area contributed by atoms with Gasteiger partial charge in [0, 0.05) is 0 Å². The molecule has 0 aromatic rings. The van der Waals surface area contributed by atoms with Crippen molar-refractivity contribution in [2.24, 2.45) is 0 Å². The summed E-state index contributed by atoms with van der Waals surface area (Å²) >= 11 is 0. The van der Waals surface area contributed by atoms with E-state index in [0.717, 1.165) is 0 Å². The molecule has 1 fully saturated rings. The van der Waals surface area contributed by atoms with Crippen molar-refractivity contribution >= 4 is 8.32 Å². The highest BCUT2D eigenvalue weighted by atomic mass is 28.4. The Labute approximate surface area is 39.4 Å². The van der Waals surface area contributed by atoms with Crippen LogP contribution < -0.4 is 0 Å². The van der Waals surface area contributed by atoms with E-state index in [-0.39, 0.29) is 0 Å². The van der Waals surface area contributed by atoms with Gasteiger partial charge in [-0.15, -0.1) is 0 Å². The van der Waals surface area contributed by atoms with E-state index in [1.54, 1.807) is 0 Å². The maximum atomic E-state index is 5.24. The summed E-state index contributed by atoms with van der Waals surface area (Å²) in [5, 5.41) is 0. The molecule has 1 aliphatic heterocycles. The molecule has 0 aliphatic carbocycles. The molecule has 2 heteroatoms. The van der Waals surface area contributed by atoms with E-state index in [1.165, 1.54) is 0 Å². The lowest BCUT2D eigenvalue weighted by Gasteiger charge is -1.79. The van der Waals surface area contributed by atoms with Gasteiger partial charge in [0.25, 0.3) is 0 Å². The van der Waals surface area contributed by atoms with E-state index in [1.807, 2.05) is 0 Å². The molecular formula is C4H10OSi. The first-order chi connectivity index (χ1) is 2.63. The predicted octanol–water partition coefficient (Wildman–Crippen LogP) is 1.15. The third-order valence-electron chi connectivity index (χ3n) is 1.40. The van der Waals surface area contributed by atoms with Crippen molar-refractivity contribution in [1.29, 1.82) is 0 Å². The summed E-state index contributed by atoms with van der Waals surface area (Å²) in [5.74, 6) is 0. The van der Waals surface area contributed by atoms with Crippen molar-refractivity contribution in [1.82, 2.24) is 0 Å². The van der Waals surface area contributed by atoms with Crippen LogP contribution in [0.2, 0.25) is 13.1 Å². The molecular weight excluding hydrogens is 92.1 g/mol. The zero-order valence-corrected chi connectivity index (χ0v) is 5.49. The second-order valence-corrected chi connectivity index (χ2v) is 6.62. The van der Waals surface area contributed by atoms with Crippen molar-refractivity contribution in [3.63, 3.8) is 0 Å². The number of hydrogen-bond donors (Lipinski definition) is 0. The summed E-state index contributed by atoms with van der Waals surface area (Å²) in [6.45, 7) is 6.61. The Morgan fingerprint density at radius 1 is 1.50 bits per heavy atom. The van der Waals surface area contributed by atoms with E-state index in [9.17, 15) is 0 Å². The molecule has 0 N–H and O–H groups in total. The van der Waals surface area contributed by atoms with Gasteiger partial charge >= 0.3 is 0 Å². The Hall–Kier alpha value is 0.177. The maximum Gasteiger partial charge on any atom is 0.213 e. The highest BCUT2D eigenvalue weighted by Crippen LogP contribution is 2.29. The van der Waals surface area contributed by atoms with E-state index in [4.69, 9.17) is 4.43 Å². The molecule has 36 valence electrons. The topological polar surface area (TPSA) is 12.5 Å². The minimum Gasteiger partial charge on any atom is -0.412 e. The summed E-state index contributed by atoms with van der Waals surface area (Å²) in [5.41, 5.74) is 0.637. The molecule has 0 bridgehead atoms. The highest BCUT2D eigenvalue weighted by Gasteiger charge is 2.46. The molecule has 0 amide bonds. The number of rotatable bonds is 0. The van der Waals surface area contributed by atoms with Gasteiger partial charge in [-0.05, 0) is 20.0 Å². The van der Waals surface area contributed by atoms with Crippen LogP contribution in [0.3, 0.4) is 0 Å². The van der Waals surface area contributed by atoms with E-state index >= 15 is 0 Å². The van der Waals surface area contributed by atoms with Crippen LogP contribution in [0.4, 0.5) is 0 Å². The van der Waals surface area contributed by atoms with Crippen molar-refractivity contribution in [3.05, 3.63) is 0 Å². The van der Waals surface area contributed by atoms with Gasteiger partial charge in [-0.2, -0.15) is 0 Å². The van der Waals surface area contributed by atoms with Crippen molar-refractivity contribution < 1.29 is 4.43 Å². The molecule has 1 unspecified atom stereocenters. The molecule has 0 aromatic carbocycles. The highest BCUT2D eigenvalue weighted by molar-refractivity contribution is 6.80. The first-order valence-corrected chi connectivity index (χ1v) is 5.29. The van der Waals surface area contributed by atoms with E-state index in [2.05, 4.69) is 20.0 Å². The normalized spacial score (nSPS) is 39.5. The molecule has 1 atom stereocenters. The van der Waals surface area contributed by atoms with Crippen LogP contribution in [0, 0.1) is 0 Å². The fourth-order valence-electron chi connectivity index (χ4n) is 0.422. The van der Waals surface area contributed by atoms with Crippen molar-refractivity contribution in [2.45, 2.75) is 25.7 Å². The Morgan fingerprint density at radius 3 is 1.67 bits per heavy atom. The minimum atomic E-state index is -0.965.